The smallest absolute Gasteiger partial charge is 0.207 e. The molecule has 0 aliphatic heterocycles. The fraction of sp³-hybridized carbons (Fsp3) is 0.538. The van der Waals surface area contributed by atoms with Gasteiger partial charge in [-0.1, -0.05) is 27.2 Å². The molecule has 17 heavy (non-hydrogen) atoms. The van der Waals surface area contributed by atoms with E-state index in [2.05, 4.69) is 0 Å². The highest BCUT2D eigenvalue weighted by Gasteiger charge is 2.37. The minimum Gasteiger partial charge on any atom is -0.207 e. The van der Waals surface area contributed by atoms with Crippen molar-refractivity contribution in [3.63, 3.8) is 0 Å². The van der Waals surface area contributed by atoms with Crippen molar-refractivity contribution in [3.8, 4) is 0 Å². The molecule has 0 saturated carbocycles. The Bertz CT molecular complexity index is 391. The van der Waals surface area contributed by atoms with Crippen molar-refractivity contribution in [1.82, 2.24) is 0 Å². The van der Waals surface area contributed by atoms with Crippen LogP contribution in [0.5, 0.6) is 0 Å². The second-order valence-electron chi connectivity index (χ2n) is 4.82. The van der Waals surface area contributed by atoms with Crippen molar-refractivity contribution in [2.24, 2.45) is 0 Å². The van der Waals surface area contributed by atoms with Gasteiger partial charge >= 0.3 is 6.18 Å². The maximum Gasteiger partial charge on any atom is 0.416 e. The van der Waals surface area contributed by atoms with Gasteiger partial charge in [0.15, 0.2) is 0 Å². The van der Waals surface area contributed by atoms with Crippen LogP contribution < -0.4 is 0 Å². The van der Waals surface area contributed by atoms with E-state index < -0.39 is 23.0 Å². The average molecular weight is 248 g/mol. The van der Waals surface area contributed by atoms with Crippen molar-refractivity contribution in [2.75, 3.05) is 0 Å². The minimum atomic E-state index is -4.44. The highest BCUT2D eigenvalue weighted by molar-refractivity contribution is 5.36. The molecule has 0 aliphatic carbocycles. The predicted octanol–water partition coefficient (Wildman–Crippen LogP) is 4.92. The van der Waals surface area contributed by atoms with E-state index in [0.717, 1.165) is 24.6 Å². The van der Waals surface area contributed by atoms with Gasteiger partial charge in [0, 0.05) is 0 Å². The van der Waals surface area contributed by atoms with E-state index in [0.29, 0.717) is 6.42 Å². The minimum absolute atomic E-state index is 0.0341. The fourth-order valence-electron chi connectivity index (χ4n) is 2.08. The summed E-state index contributed by atoms with van der Waals surface area (Å²) in [6, 6.07) is 2.68. The van der Waals surface area contributed by atoms with Gasteiger partial charge in [-0.15, -0.1) is 0 Å². The summed E-state index contributed by atoms with van der Waals surface area (Å²) in [4.78, 5) is 0. The molecule has 0 bridgehead atoms. The standard InChI is InChI=1S/C13H16F4/c1-4-7-12(2,3)11-8-9(14)5-6-10(11)13(15,16)17/h5-6,8H,4,7H2,1-3H3. The van der Waals surface area contributed by atoms with Crippen LogP contribution in [0.4, 0.5) is 17.6 Å². The van der Waals surface area contributed by atoms with Gasteiger partial charge in [-0.25, -0.2) is 4.39 Å². The molecule has 0 amide bonds. The van der Waals surface area contributed by atoms with Crippen LogP contribution in [-0.2, 0) is 11.6 Å². The van der Waals surface area contributed by atoms with Crippen molar-refractivity contribution in [3.05, 3.63) is 35.1 Å². The Morgan fingerprint density at radius 1 is 1.06 bits per heavy atom. The van der Waals surface area contributed by atoms with Crippen LogP contribution in [-0.4, -0.2) is 0 Å². The van der Waals surface area contributed by atoms with Gasteiger partial charge in [-0.3, -0.25) is 0 Å². The Kier molecular flexibility index (Phi) is 3.84. The van der Waals surface area contributed by atoms with E-state index in [1.807, 2.05) is 6.92 Å². The largest absolute Gasteiger partial charge is 0.416 e. The molecule has 0 atom stereocenters. The average Bonchev–Trinajstić information content (AvgIpc) is 2.15. The zero-order chi connectivity index (χ0) is 13.3. The number of halogens is 4. The van der Waals surface area contributed by atoms with E-state index >= 15 is 0 Å². The molecule has 0 radical (unpaired) electrons. The predicted molar refractivity (Wildman–Crippen MR) is 59.3 cm³/mol. The second kappa shape index (κ2) is 4.67. The van der Waals surface area contributed by atoms with Crippen molar-refractivity contribution >= 4 is 0 Å². The summed E-state index contributed by atoms with van der Waals surface area (Å²) in [6.07, 6.45) is -3.10. The van der Waals surface area contributed by atoms with Crippen LogP contribution >= 0.6 is 0 Å². The molecule has 1 aromatic rings. The van der Waals surface area contributed by atoms with E-state index in [4.69, 9.17) is 0 Å². The number of alkyl halides is 3. The molecular formula is C13H16F4. The topological polar surface area (TPSA) is 0 Å². The molecule has 4 heteroatoms. The third-order valence-electron chi connectivity index (χ3n) is 2.89. The Balaban J connectivity index is 3.34. The van der Waals surface area contributed by atoms with E-state index in [1.54, 1.807) is 13.8 Å². The number of hydrogen-bond acceptors (Lipinski definition) is 0. The summed E-state index contributed by atoms with van der Waals surface area (Å²) in [5.41, 5.74) is -1.38. The molecule has 0 nitrogen and oxygen atoms in total. The monoisotopic (exact) mass is 248 g/mol. The summed E-state index contributed by atoms with van der Waals surface area (Å²) >= 11 is 0. The van der Waals surface area contributed by atoms with Crippen LogP contribution in [0, 0.1) is 5.82 Å². The molecule has 1 aromatic carbocycles. The lowest BCUT2D eigenvalue weighted by atomic mass is 9.78. The lowest BCUT2D eigenvalue weighted by Crippen LogP contribution is -2.23. The van der Waals surface area contributed by atoms with Gasteiger partial charge in [0.25, 0.3) is 0 Å². The van der Waals surface area contributed by atoms with Crippen LogP contribution in [0.2, 0.25) is 0 Å². The third kappa shape index (κ3) is 3.20. The van der Waals surface area contributed by atoms with Gasteiger partial charge in [-0.2, -0.15) is 13.2 Å². The zero-order valence-electron chi connectivity index (χ0n) is 10.2. The van der Waals surface area contributed by atoms with Crippen molar-refractivity contribution < 1.29 is 17.6 Å². The first kappa shape index (κ1) is 14.0. The molecule has 96 valence electrons. The molecule has 0 unspecified atom stereocenters. The Labute approximate surface area is 98.6 Å². The first-order chi connectivity index (χ1) is 7.68. The van der Waals surface area contributed by atoms with Gasteiger partial charge in [-0.05, 0) is 35.6 Å². The third-order valence-corrected chi connectivity index (χ3v) is 2.89. The summed E-state index contributed by atoms with van der Waals surface area (Å²) in [6.45, 7) is 5.31. The second-order valence-corrected chi connectivity index (χ2v) is 4.82. The van der Waals surface area contributed by atoms with Crippen LogP contribution in [0.3, 0.4) is 0 Å². The molecule has 0 aromatic heterocycles. The summed E-state index contributed by atoms with van der Waals surface area (Å²) in [5, 5.41) is 0. The molecule has 0 aliphatic rings. The molecular weight excluding hydrogens is 232 g/mol. The number of rotatable bonds is 3. The molecule has 0 saturated heterocycles. The summed E-state index contributed by atoms with van der Waals surface area (Å²) < 4.78 is 51.6. The van der Waals surface area contributed by atoms with Gasteiger partial charge in [0.05, 0.1) is 5.56 Å². The molecule has 0 N–H and O–H groups in total. The Hall–Kier alpha value is -1.06. The Morgan fingerprint density at radius 3 is 2.12 bits per heavy atom. The molecule has 1 rings (SSSR count). The van der Waals surface area contributed by atoms with Gasteiger partial charge in [0.1, 0.15) is 5.82 Å². The quantitative estimate of drug-likeness (QED) is 0.666. The van der Waals surface area contributed by atoms with E-state index in [9.17, 15) is 17.6 Å². The van der Waals surface area contributed by atoms with Crippen LogP contribution in [0.1, 0.15) is 44.7 Å². The molecule has 0 fully saturated rings. The maximum atomic E-state index is 13.1. The normalized spacial score (nSPS) is 12.9. The van der Waals surface area contributed by atoms with Gasteiger partial charge < -0.3 is 0 Å². The summed E-state index contributed by atoms with van der Waals surface area (Å²) in [7, 11) is 0. The number of benzene rings is 1. The lowest BCUT2D eigenvalue weighted by molar-refractivity contribution is -0.138. The lowest BCUT2D eigenvalue weighted by Gasteiger charge is -2.28. The van der Waals surface area contributed by atoms with Gasteiger partial charge in [0.2, 0.25) is 0 Å². The van der Waals surface area contributed by atoms with Crippen molar-refractivity contribution in [2.45, 2.75) is 45.2 Å². The first-order valence-electron chi connectivity index (χ1n) is 5.55. The summed E-state index contributed by atoms with van der Waals surface area (Å²) in [5.74, 6) is -0.628. The van der Waals surface area contributed by atoms with E-state index in [-0.39, 0.29) is 5.56 Å². The highest BCUT2D eigenvalue weighted by atomic mass is 19.4. The molecule has 0 heterocycles. The van der Waals surface area contributed by atoms with Crippen LogP contribution in [0.15, 0.2) is 18.2 Å². The van der Waals surface area contributed by atoms with Crippen LogP contribution in [0.25, 0.3) is 0 Å². The first-order valence-corrected chi connectivity index (χ1v) is 5.55. The zero-order valence-corrected chi connectivity index (χ0v) is 10.2. The Morgan fingerprint density at radius 2 is 1.65 bits per heavy atom. The SMILES string of the molecule is CCCC(C)(C)c1cc(F)ccc1C(F)(F)F. The van der Waals surface area contributed by atoms with Crippen molar-refractivity contribution in [1.29, 1.82) is 0 Å². The number of hydrogen-bond donors (Lipinski definition) is 0. The fourth-order valence-corrected chi connectivity index (χ4v) is 2.08. The highest BCUT2D eigenvalue weighted by Crippen LogP contribution is 2.39. The molecule has 0 spiro atoms. The van der Waals surface area contributed by atoms with E-state index in [1.165, 1.54) is 0 Å². The maximum absolute atomic E-state index is 13.1.